The van der Waals surface area contributed by atoms with Crippen LogP contribution in [0.4, 0.5) is 11.4 Å². The number of carbonyl (C=O) groups excluding carboxylic acids is 6. The third-order valence-electron chi connectivity index (χ3n) is 10.3. The Kier molecular flexibility index (Phi) is 13.1. The van der Waals surface area contributed by atoms with E-state index in [2.05, 4.69) is 20.9 Å². The number of benzene rings is 2. The molecular weight excluding hydrogens is 704 g/mol. The first-order chi connectivity index (χ1) is 26.2. The SMILES string of the molecule is COc1cc2c(cc1OC)C(=O)N1C=C(c3ccc(NC(=O)[C@H](C)NC(=O)[C@@H](NC(=O)CCCCCN4C(=O)CC(C(C)C)C4=O)C(C)C)cc3)C[C@H]1C=N2. The minimum Gasteiger partial charge on any atom is -0.493 e. The minimum absolute atomic E-state index is 0.111. The van der Waals surface area contributed by atoms with Crippen LogP contribution in [-0.4, -0.2) is 90.3 Å². The molecule has 3 N–H and O–H groups in total. The van der Waals surface area contributed by atoms with Crippen LogP contribution < -0.4 is 25.4 Å². The van der Waals surface area contributed by atoms with Crippen molar-refractivity contribution in [2.24, 2.45) is 22.7 Å². The van der Waals surface area contributed by atoms with E-state index in [0.29, 0.717) is 60.7 Å². The van der Waals surface area contributed by atoms with E-state index in [9.17, 15) is 28.8 Å². The zero-order valence-electron chi connectivity index (χ0n) is 32.6. The van der Waals surface area contributed by atoms with E-state index in [1.54, 1.807) is 42.3 Å². The number of ether oxygens (including phenoxy) is 2. The monoisotopic (exact) mass is 756 g/mol. The highest BCUT2D eigenvalue weighted by Crippen LogP contribution is 2.39. The molecule has 3 aliphatic heterocycles. The van der Waals surface area contributed by atoms with Crippen molar-refractivity contribution in [3.8, 4) is 11.5 Å². The van der Waals surface area contributed by atoms with Crippen molar-refractivity contribution in [1.29, 1.82) is 0 Å². The van der Waals surface area contributed by atoms with Gasteiger partial charge in [0.15, 0.2) is 11.5 Å². The third-order valence-corrected chi connectivity index (χ3v) is 10.3. The lowest BCUT2D eigenvalue weighted by atomic mass is 9.94. The van der Waals surface area contributed by atoms with Crippen LogP contribution in [0.2, 0.25) is 0 Å². The molecule has 2 aromatic carbocycles. The molecular formula is C41H52N6O8. The largest absolute Gasteiger partial charge is 0.493 e. The Bertz CT molecular complexity index is 1870. The molecule has 0 bridgehead atoms. The first kappa shape index (κ1) is 40.7. The second-order valence-electron chi connectivity index (χ2n) is 15.0. The van der Waals surface area contributed by atoms with Gasteiger partial charge in [0.05, 0.1) is 31.5 Å². The molecule has 5 rings (SSSR count). The Morgan fingerprint density at radius 3 is 2.20 bits per heavy atom. The fourth-order valence-corrected chi connectivity index (χ4v) is 6.98. The summed E-state index contributed by atoms with van der Waals surface area (Å²) < 4.78 is 10.8. The normalized spacial score (nSPS) is 18.8. The Balaban J connectivity index is 1.08. The molecule has 14 nitrogen and oxygen atoms in total. The summed E-state index contributed by atoms with van der Waals surface area (Å²) >= 11 is 0. The van der Waals surface area contributed by atoms with Gasteiger partial charge >= 0.3 is 0 Å². The van der Waals surface area contributed by atoms with Crippen molar-refractivity contribution in [2.45, 2.75) is 91.3 Å². The van der Waals surface area contributed by atoms with Crippen molar-refractivity contribution in [3.05, 3.63) is 53.7 Å². The number of carbonyl (C=O) groups is 6. The zero-order valence-corrected chi connectivity index (χ0v) is 32.6. The van der Waals surface area contributed by atoms with Gasteiger partial charge in [0.25, 0.3) is 5.91 Å². The van der Waals surface area contributed by atoms with Crippen molar-refractivity contribution in [1.82, 2.24) is 20.4 Å². The maximum atomic E-state index is 13.5. The Hall–Kier alpha value is -5.53. The molecule has 294 valence electrons. The van der Waals surface area contributed by atoms with E-state index in [0.717, 1.165) is 11.1 Å². The quantitative estimate of drug-likeness (QED) is 0.161. The molecule has 0 saturated carbocycles. The highest BCUT2D eigenvalue weighted by molar-refractivity contribution is 6.06. The van der Waals surface area contributed by atoms with E-state index in [4.69, 9.17) is 9.47 Å². The van der Waals surface area contributed by atoms with Crippen LogP contribution in [0.25, 0.3) is 5.57 Å². The van der Waals surface area contributed by atoms with Crippen LogP contribution in [0.15, 0.2) is 47.6 Å². The first-order valence-electron chi connectivity index (χ1n) is 18.9. The van der Waals surface area contributed by atoms with E-state index in [-0.39, 0.29) is 60.3 Å². The number of aliphatic imine (C=N–C) groups is 1. The summed E-state index contributed by atoms with van der Waals surface area (Å²) in [4.78, 5) is 84.9. The van der Waals surface area contributed by atoms with Gasteiger partial charge in [-0.3, -0.25) is 38.7 Å². The first-order valence-corrected chi connectivity index (χ1v) is 18.9. The molecule has 0 spiro atoms. The number of nitrogens with zero attached hydrogens (tertiary/aromatic N) is 3. The fourth-order valence-electron chi connectivity index (χ4n) is 6.98. The predicted molar refractivity (Wildman–Crippen MR) is 208 cm³/mol. The van der Waals surface area contributed by atoms with Crippen molar-refractivity contribution >= 4 is 58.6 Å². The second kappa shape index (κ2) is 17.7. The van der Waals surface area contributed by atoms with Gasteiger partial charge in [-0.15, -0.1) is 0 Å². The summed E-state index contributed by atoms with van der Waals surface area (Å²) in [6.45, 7) is 9.43. The molecule has 3 heterocycles. The number of hydrogen-bond acceptors (Lipinski definition) is 9. The van der Waals surface area contributed by atoms with Crippen LogP contribution in [0, 0.1) is 17.8 Å². The van der Waals surface area contributed by atoms with Crippen molar-refractivity contribution < 1.29 is 38.2 Å². The average Bonchev–Trinajstić information content (AvgIpc) is 3.68. The van der Waals surface area contributed by atoms with Gasteiger partial charge in [-0.2, -0.15) is 0 Å². The van der Waals surface area contributed by atoms with Gasteiger partial charge in [-0.1, -0.05) is 46.2 Å². The molecule has 1 unspecified atom stereocenters. The van der Waals surface area contributed by atoms with Gasteiger partial charge in [0.2, 0.25) is 29.5 Å². The third kappa shape index (κ3) is 9.41. The maximum Gasteiger partial charge on any atom is 0.260 e. The predicted octanol–water partition coefficient (Wildman–Crippen LogP) is 4.85. The molecule has 0 aromatic heterocycles. The number of likely N-dealkylation sites (tertiary alicyclic amines) is 1. The van der Waals surface area contributed by atoms with Gasteiger partial charge in [-0.05, 0) is 60.9 Å². The number of unbranched alkanes of at least 4 members (excludes halogenated alkanes) is 2. The lowest BCUT2D eigenvalue weighted by Crippen LogP contribution is -2.53. The molecule has 0 aliphatic carbocycles. The number of hydrogen-bond donors (Lipinski definition) is 3. The number of fused-ring (bicyclic) bond motifs is 2. The molecule has 3 aliphatic rings. The maximum absolute atomic E-state index is 13.5. The summed E-state index contributed by atoms with van der Waals surface area (Å²) in [7, 11) is 3.04. The number of rotatable bonds is 16. The number of nitrogens with one attached hydrogen (secondary N) is 3. The summed E-state index contributed by atoms with van der Waals surface area (Å²) in [5.41, 5.74) is 3.27. The Morgan fingerprint density at radius 1 is 0.873 bits per heavy atom. The fraction of sp³-hybridized carbons (Fsp3) is 0.488. The Morgan fingerprint density at radius 2 is 1.56 bits per heavy atom. The molecule has 6 amide bonds. The zero-order chi connectivity index (χ0) is 40.0. The van der Waals surface area contributed by atoms with E-state index < -0.39 is 23.9 Å². The lowest BCUT2D eigenvalue weighted by Gasteiger charge is -2.24. The Labute approximate surface area is 322 Å². The number of imide groups is 1. The highest BCUT2D eigenvalue weighted by Gasteiger charge is 2.39. The van der Waals surface area contributed by atoms with E-state index in [1.165, 1.54) is 19.1 Å². The molecule has 4 atom stereocenters. The smallest absolute Gasteiger partial charge is 0.260 e. The van der Waals surface area contributed by atoms with Crippen molar-refractivity contribution in [2.75, 3.05) is 26.1 Å². The average molecular weight is 757 g/mol. The van der Waals surface area contributed by atoms with Crippen molar-refractivity contribution in [3.63, 3.8) is 0 Å². The standard InChI is InChI=1S/C41H52N6O8/c1-23(2)30-19-36(49)46(40(30)52)16-10-8-9-11-35(48)45-37(24(3)4)39(51)43-25(5)38(50)44-28-14-12-26(13-15-28)27-17-29-21-42-32-20-34(55-7)33(54-6)18-31(32)41(53)47(29)22-27/h12-15,18,20-25,29-30,37H,8-11,16-17,19H2,1-7H3,(H,43,51)(H,44,50)(H,45,48)/t25-,29-,30?,37-/m0/s1. The van der Waals surface area contributed by atoms with Crippen LogP contribution in [0.5, 0.6) is 11.5 Å². The van der Waals surface area contributed by atoms with E-state index >= 15 is 0 Å². The summed E-state index contributed by atoms with van der Waals surface area (Å²) in [5.74, 6) is -1.06. The summed E-state index contributed by atoms with van der Waals surface area (Å²) in [6.07, 6.45) is 6.39. The van der Waals surface area contributed by atoms with Gasteiger partial charge in [0.1, 0.15) is 12.1 Å². The molecule has 1 fully saturated rings. The van der Waals surface area contributed by atoms with E-state index in [1.807, 2.05) is 46.0 Å². The second-order valence-corrected chi connectivity index (χ2v) is 15.0. The van der Waals surface area contributed by atoms with Crippen LogP contribution >= 0.6 is 0 Å². The van der Waals surface area contributed by atoms with Crippen LogP contribution in [-0.2, 0) is 24.0 Å². The number of methoxy groups -OCH3 is 2. The van der Waals surface area contributed by atoms with Crippen LogP contribution in [0.1, 0.15) is 89.1 Å². The molecule has 55 heavy (non-hydrogen) atoms. The highest BCUT2D eigenvalue weighted by atomic mass is 16.5. The molecule has 14 heteroatoms. The summed E-state index contributed by atoms with van der Waals surface area (Å²) in [5, 5.41) is 8.35. The number of amides is 6. The van der Waals surface area contributed by atoms with Gasteiger partial charge in [-0.25, -0.2) is 0 Å². The van der Waals surface area contributed by atoms with Gasteiger partial charge in [0, 0.05) is 55.9 Å². The topological polar surface area (TPSA) is 176 Å². The number of anilines is 1. The van der Waals surface area contributed by atoms with Gasteiger partial charge < -0.3 is 30.3 Å². The molecule has 2 aromatic rings. The molecule has 0 radical (unpaired) electrons. The summed E-state index contributed by atoms with van der Waals surface area (Å²) in [6, 6.07) is 8.57. The molecule has 1 saturated heterocycles. The lowest BCUT2D eigenvalue weighted by molar-refractivity contribution is -0.140. The minimum atomic E-state index is -0.888. The van der Waals surface area contributed by atoms with Crippen LogP contribution in [0.3, 0.4) is 0 Å².